The predicted octanol–water partition coefficient (Wildman–Crippen LogP) is 0.782. The van der Waals surface area contributed by atoms with Gasteiger partial charge in [0.2, 0.25) is 0 Å². The van der Waals surface area contributed by atoms with Crippen molar-refractivity contribution >= 4 is 8.58 Å². The van der Waals surface area contributed by atoms with Gasteiger partial charge in [-0.2, -0.15) is 0 Å². The highest BCUT2D eigenvalue weighted by Crippen LogP contribution is 2.14. The van der Waals surface area contributed by atoms with Crippen LogP contribution in [-0.4, -0.2) is 12.3 Å². The molecule has 0 nitrogen and oxygen atoms in total. The summed E-state index contributed by atoms with van der Waals surface area (Å²) in [7, 11) is 0.811. The zero-order valence-electron chi connectivity index (χ0n) is 8.61. The quantitative estimate of drug-likeness (QED) is 0.353. The molecule has 0 aliphatic carbocycles. The average molecular weight is 302 g/mol. The molecular formula is C10H24IP. The Bertz CT molecular complexity index is 58.9. The van der Waals surface area contributed by atoms with Crippen LogP contribution >= 0.6 is 8.58 Å². The van der Waals surface area contributed by atoms with Gasteiger partial charge in [-0.05, 0) is 27.8 Å². The Morgan fingerprint density at radius 1 is 0.750 bits per heavy atom. The lowest BCUT2D eigenvalue weighted by Gasteiger charge is -1.95. The van der Waals surface area contributed by atoms with E-state index in [9.17, 15) is 0 Å². The molecule has 0 amide bonds. The van der Waals surface area contributed by atoms with Gasteiger partial charge >= 0.3 is 0 Å². The van der Waals surface area contributed by atoms with E-state index in [0.29, 0.717) is 0 Å². The maximum atomic E-state index is 2.30. The maximum absolute atomic E-state index is 2.30. The molecule has 0 saturated carbocycles. The normalized spacial score (nSPS) is 10.5. The van der Waals surface area contributed by atoms with Crippen molar-refractivity contribution in [2.24, 2.45) is 0 Å². The van der Waals surface area contributed by atoms with Crippen molar-refractivity contribution in [3.63, 3.8) is 0 Å². The summed E-state index contributed by atoms with van der Waals surface area (Å²) >= 11 is 0. The second-order valence-corrected chi connectivity index (χ2v) is 5.01. The first-order valence-corrected chi connectivity index (χ1v) is 6.86. The molecule has 2 heteroatoms. The van der Waals surface area contributed by atoms with E-state index < -0.39 is 0 Å². The van der Waals surface area contributed by atoms with Crippen molar-refractivity contribution in [3.05, 3.63) is 0 Å². The highest BCUT2D eigenvalue weighted by molar-refractivity contribution is 7.37. The fourth-order valence-electron chi connectivity index (χ4n) is 1.24. The largest absolute Gasteiger partial charge is 1.00 e. The van der Waals surface area contributed by atoms with Gasteiger partial charge < -0.3 is 24.0 Å². The van der Waals surface area contributed by atoms with Crippen molar-refractivity contribution in [2.45, 2.75) is 52.4 Å². The Labute approximate surface area is 97.1 Å². The van der Waals surface area contributed by atoms with Gasteiger partial charge in [0.15, 0.2) is 0 Å². The van der Waals surface area contributed by atoms with Crippen LogP contribution in [0.3, 0.4) is 0 Å². The molecule has 0 bridgehead atoms. The Hall–Kier alpha value is 1.16. The zero-order chi connectivity index (χ0) is 8.36. The number of halogens is 1. The van der Waals surface area contributed by atoms with E-state index in [0.717, 1.165) is 8.58 Å². The molecule has 0 aromatic rings. The van der Waals surface area contributed by atoms with Gasteiger partial charge in [0.05, 0.1) is 12.3 Å². The van der Waals surface area contributed by atoms with E-state index in [1.807, 2.05) is 0 Å². The van der Waals surface area contributed by atoms with Crippen LogP contribution in [0.1, 0.15) is 52.4 Å². The van der Waals surface area contributed by atoms with Crippen LogP contribution in [-0.2, 0) is 0 Å². The molecular weight excluding hydrogens is 278 g/mol. The SMILES string of the molecule is CCCCCCC[PH2+]CCC.[I-]. The van der Waals surface area contributed by atoms with Crippen molar-refractivity contribution in [1.29, 1.82) is 0 Å². The first kappa shape index (κ1) is 15.6. The molecule has 0 N–H and O–H groups in total. The molecule has 0 spiro atoms. The third-order valence-electron chi connectivity index (χ3n) is 2.00. The molecule has 0 aliphatic heterocycles. The minimum Gasteiger partial charge on any atom is -1.00 e. The highest BCUT2D eigenvalue weighted by Gasteiger charge is 1.93. The molecule has 76 valence electrons. The Morgan fingerprint density at radius 3 is 2.00 bits per heavy atom. The van der Waals surface area contributed by atoms with Crippen LogP contribution in [0.15, 0.2) is 0 Å². The van der Waals surface area contributed by atoms with Crippen LogP contribution in [0.5, 0.6) is 0 Å². The maximum Gasteiger partial charge on any atom is 0.0549 e. The summed E-state index contributed by atoms with van der Waals surface area (Å²) in [6.07, 6.45) is 11.8. The summed E-state index contributed by atoms with van der Waals surface area (Å²) in [6, 6.07) is 0. The fraction of sp³-hybridized carbons (Fsp3) is 1.00. The van der Waals surface area contributed by atoms with E-state index in [1.54, 1.807) is 6.16 Å². The molecule has 0 aromatic heterocycles. The van der Waals surface area contributed by atoms with Crippen molar-refractivity contribution in [2.75, 3.05) is 12.3 Å². The predicted molar refractivity (Wildman–Crippen MR) is 58.5 cm³/mol. The van der Waals surface area contributed by atoms with E-state index in [-0.39, 0.29) is 24.0 Å². The first-order chi connectivity index (χ1) is 5.41. The van der Waals surface area contributed by atoms with Crippen molar-refractivity contribution in [3.8, 4) is 0 Å². The topological polar surface area (TPSA) is 0 Å². The number of hydrogen-bond donors (Lipinski definition) is 0. The van der Waals surface area contributed by atoms with Crippen LogP contribution in [0, 0.1) is 0 Å². The molecule has 1 atom stereocenters. The summed E-state index contributed by atoms with van der Waals surface area (Å²) in [6.45, 7) is 4.58. The monoisotopic (exact) mass is 302 g/mol. The molecule has 0 radical (unpaired) electrons. The minimum absolute atomic E-state index is 0. The molecule has 0 aromatic carbocycles. The molecule has 1 unspecified atom stereocenters. The summed E-state index contributed by atoms with van der Waals surface area (Å²) in [5, 5.41) is 0. The second-order valence-electron chi connectivity index (χ2n) is 3.28. The summed E-state index contributed by atoms with van der Waals surface area (Å²) in [4.78, 5) is 0. The van der Waals surface area contributed by atoms with Gasteiger partial charge in [-0.15, -0.1) is 0 Å². The molecule has 0 aliphatic rings. The zero-order valence-corrected chi connectivity index (χ0v) is 11.9. The van der Waals surface area contributed by atoms with Gasteiger partial charge in [0.1, 0.15) is 0 Å². The Kier molecular flexibility index (Phi) is 19.1. The molecule has 12 heavy (non-hydrogen) atoms. The number of unbranched alkanes of at least 4 members (excludes halogenated alkanes) is 4. The van der Waals surface area contributed by atoms with Crippen molar-refractivity contribution < 1.29 is 24.0 Å². The Balaban J connectivity index is 0. The summed E-state index contributed by atoms with van der Waals surface area (Å²) in [5.74, 6) is 0. The highest BCUT2D eigenvalue weighted by atomic mass is 127. The average Bonchev–Trinajstić information content (AvgIpc) is 2.03. The lowest BCUT2D eigenvalue weighted by Crippen LogP contribution is -3.00. The molecule has 0 fully saturated rings. The van der Waals surface area contributed by atoms with Crippen molar-refractivity contribution in [1.82, 2.24) is 0 Å². The second kappa shape index (κ2) is 14.7. The van der Waals surface area contributed by atoms with E-state index in [1.165, 1.54) is 44.7 Å². The standard InChI is InChI=1S/C10H23P.HI/c1-3-5-6-7-8-10-11-9-4-2;/h11H,3-10H2,1-2H3;1H. The first-order valence-electron chi connectivity index (χ1n) is 5.23. The van der Waals surface area contributed by atoms with Crippen LogP contribution < -0.4 is 24.0 Å². The van der Waals surface area contributed by atoms with Gasteiger partial charge in [0.25, 0.3) is 0 Å². The number of rotatable bonds is 8. The summed E-state index contributed by atoms with van der Waals surface area (Å²) < 4.78 is 0. The molecule has 0 saturated heterocycles. The molecule has 0 heterocycles. The van der Waals surface area contributed by atoms with E-state index in [2.05, 4.69) is 13.8 Å². The van der Waals surface area contributed by atoms with E-state index in [4.69, 9.17) is 0 Å². The van der Waals surface area contributed by atoms with Gasteiger partial charge in [-0.1, -0.05) is 33.1 Å². The van der Waals surface area contributed by atoms with Crippen LogP contribution in [0.4, 0.5) is 0 Å². The fourth-order valence-corrected chi connectivity index (χ4v) is 2.51. The molecule has 0 rings (SSSR count). The smallest absolute Gasteiger partial charge is 0.0549 e. The van der Waals surface area contributed by atoms with Gasteiger partial charge in [-0.3, -0.25) is 0 Å². The van der Waals surface area contributed by atoms with Gasteiger partial charge in [-0.25, -0.2) is 0 Å². The lowest BCUT2D eigenvalue weighted by molar-refractivity contribution is -0.00000249. The van der Waals surface area contributed by atoms with Crippen LogP contribution in [0.2, 0.25) is 0 Å². The lowest BCUT2D eigenvalue weighted by atomic mass is 10.2. The third-order valence-corrected chi connectivity index (χ3v) is 3.81. The Morgan fingerprint density at radius 2 is 1.42 bits per heavy atom. The van der Waals surface area contributed by atoms with Gasteiger partial charge in [0, 0.05) is 0 Å². The minimum atomic E-state index is 0. The van der Waals surface area contributed by atoms with Crippen LogP contribution in [0.25, 0.3) is 0 Å². The van der Waals surface area contributed by atoms with E-state index >= 15 is 0 Å². The number of hydrogen-bond acceptors (Lipinski definition) is 0. The third kappa shape index (κ3) is 13.7. The summed E-state index contributed by atoms with van der Waals surface area (Å²) in [5.41, 5.74) is 0.